The summed E-state index contributed by atoms with van der Waals surface area (Å²) in [5.41, 5.74) is 0.663. The number of carbonyl (C=O) groups excluding carboxylic acids is 1. The van der Waals surface area contributed by atoms with Gasteiger partial charge in [0.1, 0.15) is 11.6 Å². The Morgan fingerprint density at radius 3 is 2.73 bits per heavy atom. The minimum absolute atomic E-state index is 0.111. The lowest BCUT2D eigenvalue weighted by Crippen LogP contribution is -2.27. The number of aromatic nitrogens is 3. The fourth-order valence-corrected chi connectivity index (χ4v) is 3.15. The third-order valence-corrected chi connectivity index (χ3v) is 4.56. The van der Waals surface area contributed by atoms with E-state index in [0.717, 1.165) is 19.3 Å². The van der Waals surface area contributed by atoms with E-state index in [1.807, 2.05) is 0 Å². The standard InChI is InChI=1S/C19H25FN4O2/c1-14-22-18(23-24(14)16-10-8-15(20)9-11-16)19(25)21-12-5-13-26-17-6-3-2-4-7-17/h8-11,17H,2-7,12-13H2,1H3,(H,21,25). The second kappa shape index (κ2) is 8.89. The molecular weight excluding hydrogens is 335 g/mol. The van der Waals surface area contributed by atoms with Crippen molar-refractivity contribution in [1.82, 2.24) is 20.1 Å². The van der Waals surface area contributed by atoms with Gasteiger partial charge in [-0.1, -0.05) is 19.3 Å². The van der Waals surface area contributed by atoms with Crippen LogP contribution in [0.5, 0.6) is 0 Å². The Kier molecular flexibility index (Phi) is 6.33. The van der Waals surface area contributed by atoms with E-state index in [-0.39, 0.29) is 17.5 Å². The first-order valence-electron chi connectivity index (χ1n) is 9.23. The number of halogens is 1. The van der Waals surface area contributed by atoms with Crippen LogP contribution in [-0.2, 0) is 4.74 Å². The molecule has 0 atom stereocenters. The van der Waals surface area contributed by atoms with E-state index in [1.165, 1.54) is 36.1 Å². The van der Waals surface area contributed by atoms with Crippen LogP contribution in [-0.4, -0.2) is 39.9 Å². The molecule has 1 heterocycles. The van der Waals surface area contributed by atoms with Gasteiger partial charge in [0, 0.05) is 13.2 Å². The van der Waals surface area contributed by atoms with Crippen molar-refractivity contribution in [2.24, 2.45) is 0 Å². The quantitative estimate of drug-likeness (QED) is 0.770. The number of aryl methyl sites for hydroxylation is 1. The summed E-state index contributed by atoms with van der Waals surface area (Å²) in [5.74, 6) is 0.0500. The number of hydrogen-bond acceptors (Lipinski definition) is 4. The van der Waals surface area contributed by atoms with Gasteiger partial charge in [-0.2, -0.15) is 0 Å². The highest BCUT2D eigenvalue weighted by Gasteiger charge is 2.16. The normalized spacial score (nSPS) is 15.2. The van der Waals surface area contributed by atoms with Gasteiger partial charge in [0.15, 0.2) is 0 Å². The zero-order valence-electron chi connectivity index (χ0n) is 15.1. The van der Waals surface area contributed by atoms with Crippen LogP contribution in [0.2, 0.25) is 0 Å². The van der Waals surface area contributed by atoms with E-state index in [0.29, 0.717) is 30.8 Å². The molecule has 140 valence electrons. The SMILES string of the molecule is Cc1nc(C(=O)NCCCOC2CCCCC2)nn1-c1ccc(F)cc1. The van der Waals surface area contributed by atoms with Gasteiger partial charge in [0.2, 0.25) is 5.82 Å². The maximum atomic E-state index is 13.0. The molecule has 0 aliphatic heterocycles. The molecule has 0 radical (unpaired) electrons. The van der Waals surface area contributed by atoms with Crippen molar-refractivity contribution in [2.75, 3.05) is 13.2 Å². The molecule has 7 heteroatoms. The van der Waals surface area contributed by atoms with Gasteiger partial charge >= 0.3 is 0 Å². The predicted octanol–water partition coefficient (Wildman–Crippen LogP) is 3.18. The molecule has 1 aromatic carbocycles. The van der Waals surface area contributed by atoms with Gasteiger partial charge in [-0.3, -0.25) is 4.79 Å². The van der Waals surface area contributed by atoms with Crippen LogP contribution in [0.1, 0.15) is 55.0 Å². The van der Waals surface area contributed by atoms with Gasteiger partial charge in [0.25, 0.3) is 5.91 Å². The molecule has 2 aromatic rings. The first-order valence-corrected chi connectivity index (χ1v) is 9.23. The molecule has 0 unspecified atom stereocenters. The second-order valence-electron chi connectivity index (χ2n) is 6.61. The zero-order chi connectivity index (χ0) is 18.4. The maximum absolute atomic E-state index is 13.0. The third kappa shape index (κ3) is 4.88. The molecule has 0 saturated heterocycles. The van der Waals surface area contributed by atoms with E-state index < -0.39 is 0 Å². The smallest absolute Gasteiger partial charge is 0.290 e. The van der Waals surface area contributed by atoms with Crippen LogP contribution < -0.4 is 5.32 Å². The fraction of sp³-hybridized carbons (Fsp3) is 0.526. The van der Waals surface area contributed by atoms with Crippen LogP contribution in [0.15, 0.2) is 24.3 Å². The number of nitrogens with zero attached hydrogens (tertiary/aromatic N) is 3. The number of hydrogen-bond donors (Lipinski definition) is 1. The number of benzene rings is 1. The van der Waals surface area contributed by atoms with Crippen LogP contribution in [0.4, 0.5) is 4.39 Å². The average molecular weight is 360 g/mol. The number of nitrogens with one attached hydrogen (secondary N) is 1. The van der Waals surface area contributed by atoms with E-state index in [4.69, 9.17) is 4.74 Å². The van der Waals surface area contributed by atoms with Crippen molar-refractivity contribution in [3.8, 4) is 5.69 Å². The van der Waals surface area contributed by atoms with Gasteiger partial charge in [0.05, 0.1) is 11.8 Å². The minimum Gasteiger partial charge on any atom is -0.378 e. The van der Waals surface area contributed by atoms with Crippen molar-refractivity contribution >= 4 is 5.91 Å². The molecule has 1 N–H and O–H groups in total. The lowest BCUT2D eigenvalue weighted by molar-refractivity contribution is 0.0273. The lowest BCUT2D eigenvalue weighted by Gasteiger charge is -2.21. The van der Waals surface area contributed by atoms with Gasteiger partial charge < -0.3 is 10.1 Å². The molecule has 0 bridgehead atoms. The largest absolute Gasteiger partial charge is 0.378 e. The van der Waals surface area contributed by atoms with Crippen molar-refractivity contribution in [2.45, 2.75) is 51.6 Å². The van der Waals surface area contributed by atoms with Gasteiger partial charge in [-0.05, 0) is 50.5 Å². The number of ether oxygens (including phenoxy) is 1. The van der Waals surface area contributed by atoms with Gasteiger partial charge in [-0.15, -0.1) is 5.10 Å². The van der Waals surface area contributed by atoms with E-state index in [2.05, 4.69) is 15.4 Å². The Labute approximate surface area is 152 Å². The summed E-state index contributed by atoms with van der Waals surface area (Å²) in [7, 11) is 0. The zero-order valence-corrected chi connectivity index (χ0v) is 15.1. The van der Waals surface area contributed by atoms with Crippen molar-refractivity contribution in [1.29, 1.82) is 0 Å². The molecule has 26 heavy (non-hydrogen) atoms. The summed E-state index contributed by atoms with van der Waals surface area (Å²) in [6.45, 7) is 2.93. The molecule has 1 amide bonds. The first-order chi connectivity index (χ1) is 12.6. The highest BCUT2D eigenvalue weighted by atomic mass is 19.1. The molecule has 1 saturated carbocycles. The number of rotatable bonds is 7. The fourth-order valence-electron chi connectivity index (χ4n) is 3.15. The van der Waals surface area contributed by atoms with Crippen LogP contribution in [0, 0.1) is 12.7 Å². The highest BCUT2D eigenvalue weighted by molar-refractivity contribution is 5.90. The van der Waals surface area contributed by atoms with E-state index >= 15 is 0 Å². The second-order valence-corrected chi connectivity index (χ2v) is 6.61. The molecule has 1 fully saturated rings. The highest BCUT2D eigenvalue weighted by Crippen LogP contribution is 2.20. The van der Waals surface area contributed by atoms with Crippen LogP contribution in [0.25, 0.3) is 5.69 Å². The van der Waals surface area contributed by atoms with Crippen LogP contribution in [0.3, 0.4) is 0 Å². The monoisotopic (exact) mass is 360 g/mol. The molecule has 1 aliphatic rings. The van der Waals surface area contributed by atoms with E-state index in [1.54, 1.807) is 19.1 Å². The van der Waals surface area contributed by atoms with Crippen molar-refractivity contribution in [3.05, 3.63) is 41.7 Å². The Morgan fingerprint density at radius 2 is 2.00 bits per heavy atom. The topological polar surface area (TPSA) is 69.0 Å². The molecular formula is C19H25FN4O2. The summed E-state index contributed by atoms with van der Waals surface area (Å²) in [6.07, 6.45) is 7.27. The number of carbonyl (C=O) groups is 1. The molecule has 1 aromatic heterocycles. The summed E-state index contributed by atoms with van der Waals surface area (Å²) in [6, 6.07) is 5.90. The summed E-state index contributed by atoms with van der Waals surface area (Å²) in [4.78, 5) is 16.4. The minimum atomic E-state index is -0.320. The molecule has 0 spiro atoms. The van der Waals surface area contributed by atoms with Crippen LogP contribution >= 0.6 is 0 Å². The summed E-state index contributed by atoms with van der Waals surface area (Å²) < 4.78 is 20.4. The van der Waals surface area contributed by atoms with E-state index in [9.17, 15) is 9.18 Å². The Bertz CT molecular complexity index is 724. The first kappa shape index (κ1) is 18.5. The molecule has 6 nitrogen and oxygen atoms in total. The van der Waals surface area contributed by atoms with Gasteiger partial charge in [-0.25, -0.2) is 14.1 Å². The predicted molar refractivity (Wildman–Crippen MR) is 95.8 cm³/mol. The summed E-state index contributed by atoms with van der Waals surface area (Å²) >= 11 is 0. The summed E-state index contributed by atoms with van der Waals surface area (Å²) in [5, 5.41) is 7.04. The number of amides is 1. The lowest BCUT2D eigenvalue weighted by atomic mass is 9.98. The Hall–Kier alpha value is -2.28. The molecule has 3 rings (SSSR count). The average Bonchev–Trinajstić information content (AvgIpc) is 3.05. The maximum Gasteiger partial charge on any atom is 0.290 e. The molecule has 1 aliphatic carbocycles. The Morgan fingerprint density at radius 1 is 1.27 bits per heavy atom. The third-order valence-electron chi connectivity index (χ3n) is 4.56. The van der Waals surface area contributed by atoms with Crippen molar-refractivity contribution in [3.63, 3.8) is 0 Å². The Balaban J connectivity index is 1.46. The van der Waals surface area contributed by atoms with Crippen molar-refractivity contribution < 1.29 is 13.9 Å².